The minimum atomic E-state index is -0.204. The lowest BCUT2D eigenvalue weighted by Gasteiger charge is -2.36. The van der Waals surface area contributed by atoms with Crippen LogP contribution in [0.1, 0.15) is 6.42 Å². The highest BCUT2D eigenvalue weighted by atomic mass is 19.1. The van der Waals surface area contributed by atoms with E-state index in [0.29, 0.717) is 11.9 Å². The highest BCUT2D eigenvalue weighted by Crippen LogP contribution is 2.32. The second kappa shape index (κ2) is 9.24. The van der Waals surface area contributed by atoms with Gasteiger partial charge in [0.05, 0.1) is 12.8 Å². The van der Waals surface area contributed by atoms with Crippen molar-refractivity contribution in [2.24, 2.45) is 16.6 Å². The number of hydrogen-bond donors (Lipinski definition) is 1. The van der Waals surface area contributed by atoms with Crippen LogP contribution < -0.4 is 20.3 Å². The zero-order chi connectivity index (χ0) is 20.9. The van der Waals surface area contributed by atoms with Gasteiger partial charge in [-0.05, 0) is 48.7 Å². The van der Waals surface area contributed by atoms with Crippen molar-refractivity contribution in [2.45, 2.75) is 6.42 Å². The van der Waals surface area contributed by atoms with Crippen molar-refractivity contribution in [3.05, 3.63) is 54.3 Å². The van der Waals surface area contributed by atoms with E-state index in [4.69, 9.17) is 15.5 Å². The summed E-state index contributed by atoms with van der Waals surface area (Å²) in [6.45, 7) is 6.08. The van der Waals surface area contributed by atoms with Crippen molar-refractivity contribution in [2.75, 3.05) is 62.7 Å². The Balaban J connectivity index is 1.27. The number of methoxy groups -OCH3 is 1. The highest BCUT2D eigenvalue weighted by molar-refractivity contribution is 5.78. The molecule has 1 unspecified atom stereocenters. The Labute approximate surface area is 177 Å². The summed E-state index contributed by atoms with van der Waals surface area (Å²) in [5, 5.41) is 0. The maximum absolute atomic E-state index is 13.1. The smallest absolute Gasteiger partial charge is 0.191 e. The van der Waals surface area contributed by atoms with Crippen LogP contribution in [0.5, 0.6) is 5.75 Å². The first kappa shape index (κ1) is 20.3. The van der Waals surface area contributed by atoms with Crippen molar-refractivity contribution in [3.63, 3.8) is 0 Å². The van der Waals surface area contributed by atoms with Crippen molar-refractivity contribution in [3.8, 4) is 5.75 Å². The zero-order valence-electron chi connectivity index (χ0n) is 17.5. The lowest BCUT2D eigenvalue weighted by Crippen LogP contribution is -2.51. The second-order valence-electron chi connectivity index (χ2n) is 7.92. The molecular weight excluding hydrogens is 381 g/mol. The summed E-state index contributed by atoms with van der Waals surface area (Å²) >= 11 is 0. The summed E-state index contributed by atoms with van der Waals surface area (Å²) in [6.07, 6.45) is 1.10. The Bertz CT molecular complexity index is 864. The van der Waals surface area contributed by atoms with Crippen LogP contribution >= 0.6 is 0 Å². The lowest BCUT2D eigenvalue weighted by atomic mass is 10.1. The molecule has 0 amide bonds. The number of ether oxygens (including phenoxy) is 1. The molecule has 4 rings (SSSR count). The average Bonchev–Trinajstić information content (AvgIpc) is 3.27. The fourth-order valence-electron chi connectivity index (χ4n) is 4.26. The number of benzene rings is 2. The molecular formula is C23H30FN5O. The van der Waals surface area contributed by atoms with Crippen LogP contribution in [-0.4, -0.2) is 63.8 Å². The van der Waals surface area contributed by atoms with Gasteiger partial charge in [0.1, 0.15) is 11.6 Å². The molecule has 1 atom stereocenters. The molecule has 160 valence electrons. The Morgan fingerprint density at radius 1 is 1.03 bits per heavy atom. The number of para-hydroxylation sites is 2. The molecule has 2 aromatic carbocycles. The molecule has 2 heterocycles. The van der Waals surface area contributed by atoms with Gasteiger partial charge in [0.15, 0.2) is 5.96 Å². The Kier molecular flexibility index (Phi) is 6.26. The Morgan fingerprint density at radius 2 is 1.77 bits per heavy atom. The first-order valence-electron chi connectivity index (χ1n) is 10.6. The molecule has 2 aliphatic heterocycles. The van der Waals surface area contributed by atoms with E-state index in [1.807, 2.05) is 30.3 Å². The van der Waals surface area contributed by atoms with Crippen LogP contribution in [0.4, 0.5) is 15.8 Å². The molecule has 6 nitrogen and oxygen atoms in total. The van der Waals surface area contributed by atoms with Gasteiger partial charge in [-0.2, -0.15) is 0 Å². The minimum absolute atomic E-state index is 0.204. The number of hydrogen-bond acceptors (Lipinski definition) is 4. The van der Waals surface area contributed by atoms with Gasteiger partial charge in [-0.1, -0.05) is 12.1 Å². The van der Waals surface area contributed by atoms with Gasteiger partial charge < -0.3 is 25.2 Å². The van der Waals surface area contributed by atoms with Gasteiger partial charge in [-0.15, -0.1) is 0 Å². The number of aliphatic imine (C=N–C) groups is 1. The van der Waals surface area contributed by atoms with Gasteiger partial charge in [0.25, 0.3) is 0 Å². The van der Waals surface area contributed by atoms with Gasteiger partial charge in [-0.3, -0.25) is 4.99 Å². The predicted molar refractivity (Wildman–Crippen MR) is 120 cm³/mol. The molecule has 2 saturated heterocycles. The minimum Gasteiger partial charge on any atom is -0.495 e. The molecule has 2 aromatic rings. The number of anilines is 2. The van der Waals surface area contributed by atoms with E-state index in [2.05, 4.69) is 20.8 Å². The van der Waals surface area contributed by atoms with Crippen molar-refractivity contribution >= 4 is 17.3 Å². The average molecular weight is 412 g/mol. The topological polar surface area (TPSA) is 57.3 Å². The van der Waals surface area contributed by atoms with E-state index in [-0.39, 0.29) is 5.82 Å². The normalized spacial score (nSPS) is 20.0. The molecule has 7 heteroatoms. The summed E-state index contributed by atoms with van der Waals surface area (Å²) in [4.78, 5) is 11.5. The van der Waals surface area contributed by atoms with Crippen molar-refractivity contribution < 1.29 is 9.13 Å². The van der Waals surface area contributed by atoms with E-state index in [1.54, 1.807) is 7.11 Å². The molecule has 30 heavy (non-hydrogen) atoms. The number of nitrogens with two attached hydrogens (primary N) is 1. The van der Waals surface area contributed by atoms with E-state index >= 15 is 0 Å². The number of piperazine rings is 1. The number of halogens is 1. The molecule has 0 aromatic heterocycles. The van der Waals surface area contributed by atoms with E-state index in [1.165, 1.54) is 12.1 Å². The maximum atomic E-state index is 13.1. The molecule has 0 bridgehead atoms. The monoisotopic (exact) mass is 411 g/mol. The Morgan fingerprint density at radius 3 is 2.50 bits per heavy atom. The van der Waals surface area contributed by atoms with Gasteiger partial charge in [-0.25, -0.2) is 4.39 Å². The lowest BCUT2D eigenvalue weighted by molar-refractivity contribution is 0.379. The molecule has 2 N–H and O–H groups in total. The van der Waals surface area contributed by atoms with Crippen molar-refractivity contribution in [1.82, 2.24) is 4.90 Å². The fourth-order valence-corrected chi connectivity index (χ4v) is 4.26. The number of guanidine groups is 1. The molecule has 0 spiro atoms. The number of rotatable bonds is 5. The van der Waals surface area contributed by atoms with Crippen molar-refractivity contribution in [1.29, 1.82) is 0 Å². The maximum Gasteiger partial charge on any atom is 0.191 e. The van der Waals surface area contributed by atoms with E-state index in [9.17, 15) is 4.39 Å². The molecule has 0 saturated carbocycles. The summed E-state index contributed by atoms with van der Waals surface area (Å²) in [5.74, 6) is 1.84. The third kappa shape index (κ3) is 4.61. The first-order valence-corrected chi connectivity index (χ1v) is 10.6. The standard InChI is InChI=1S/C23H30FN5O/c1-30-22-5-3-2-4-21(22)29-11-10-18(17-29)16-26-23(25)28-14-12-27(13-15-28)20-8-6-19(24)7-9-20/h2-9,18H,10-17H2,1H3,(H2,25,26). The third-order valence-electron chi connectivity index (χ3n) is 6.02. The zero-order valence-corrected chi connectivity index (χ0v) is 17.5. The van der Waals surface area contributed by atoms with Crippen LogP contribution in [0, 0.1) is 11.7 Å². The van der Waals surface area contributed by atoms with E-state index < -0.39 is 0 Å². The summed E-state index contributed by atoms with van der Waals surface area (Å²) in [5.41, 5.74) is 8.50. The summed E-state index contributed by atoms with van der Waals surface area (Å²) < 4.78 is 18.6. The molecule has 2 aliphatic rings. The Hall–Kier alpha value is -2.96. The van der Waals surface area contributed by atoms with Crippen LogP contribution in [0.3, 0.4) is 0 Å². The largest absolute Gasteiger partial charge is 0.495 e. The molecule has 2 fully saturated rings. The summed E-state index contributed by atoms with van der Waals surface area (Å²) in [7, 11) is 1.72. The van der Waals surface area contributed by atoms with Crippen LogP contribution in [0.25, 0.3) is 0 Å². The first-order chi connectivity index (χ1) is 14.6. The SMILES string of the molecule is COc1ccccc1N1CCC(CN=C(N)N2CCN(c3ccc(F)cc3)CC2)C1. The summed E-state index contributed by atoms with van der Waals surface area (Å²) in [6, 6.07) is 14.8. The van der Waals surface area contributed by atoms with Crippen LogP contribution in [0.15, 0.2) is 53.5 Å². The fraction of sp³-hybridized carbons (Fsp3) is 0.435. The van der Waals surface area contributed by atoms with Crippen LogP contribution in [0.2, 0.25) is 0 Å². The van der Waals surface area contributed by atoms with E-state index in [0.717, 1.165) is 69.4 Å². The third-order valence-corrected chi connectivity index (χ3v) is 6.02. The predicted octanol–water partition coefficient (Wildman–Crippen LogP) is 2.80. The second-order valence-corrected chi connectivity index (χ2v) is 7.92. The highest BCUT2D eigenvalue weighted by Gasteiger charge is 2.25. The quantitative estimate of drug-likeness (QED) is 0.606. The van der Waals surface area contributed by atoms with Gasteiger partial charge >= 0.3 is 0 Å². The number of nitrogens with zero attached hydrogens (tertiary/aromatic N) is 4. The molecule has 0 radical (unpaired) electrons. The van der Waals surface area contributed by atoms with Gasteiger partial charge in [0.2, 0.25) is 0 Å². The molecule has 0 aliphatic carbocycles. The van der Waals surface area contributed by atoms with Crippen LogP contribution in [-0.2, 0) is 0 Å². The van der Waals surface area contributed by atoms with Gasteiger partial charge in [0, 0.05) is 51.5 Å².